The molecular weight excluding hydrogens is 386 g/mol. The Kier molecular flexibility index (Phi) is 7.30. The predicted octanol–water partition coefficient (Wildman–Crippen LogP) is 4.18. The number of esters is 1. The van der Waals surface area contributed by atoms with Crippen molar-refractivity contribution in [1.82, 2.24) is 5.32 Å². The summed E-state index contributed by atoms with van der Waals surface area (Å²) in [6.45, 7) is 5.20. The van der Waals surface area contributed by atoms with Crippen LogP contribution in [0.1, 0.15) is 51.5 Å². The molecule has 0 fully saturated rings. The number of carbonyl (C=O) groups is 1. The van der Waals surface area contributed by atoms with Gasteiger partial charge in [0.1, 0.15) is 5.92 Å². The van der Waals surface area contributed by atoms with Gasteiger partial charge in [-0.15, -0.1) is 0 Å². The van der Waals surface area contributed by atoms with Gasteiger partial charge in [-0.3, -0.25) is 10.1 Å². The Hall–Kier alpha value is -2.97. The van der Waals surface area contributed by atoms with Gasteiger partial charge in [-0.1, -0.05) is 25.8 Å². The lowest BCUT2D eigenvalue weighted by molar-refractivity contribution is -0.431. The summed E-state index contributed by atoms with van der Waals surface area (Å²) in [7, 11) is 1.13. The molecule has 0 aliphatic carbocycles. The summed E-state index contributed by atoms with van der Waals surface area (Å²) in [5.74, 6) is -4.97. The van der Waals surface area contributed by atoms with E-state index in [1.807, 2.05) is 6.92 Å². The Morgan fingerprint density at radius 1 is 1.24 bits per heavy atom. The number of dihydropyridines is 1. The van der Waals surface area contributed by atoms with Gasteiger partial charge in [-0.2, -0.15) is 4.39 Å². The number of methoxy groups -OCH3 is 1. The lowest BCUT2D eigenvalue weighted by Gasteiger charge is -2.27. The van der Waals surface area contributed by atoms with Gasteiger partial charge in [0, 0.05) is 11.3 Å². The molecule has 1 aromatic rings. The fourth-order valence-corrected chi connectivity index (χ4v) is 3.37. The molecule has 9 heteroatoms. The fourth-order valence-electron chi connectivity index (χ4n) is 3.37. The third-order valence-corrected chi connectivity index (χ3v) is 4.72. The average Bonchev–Trinajstić information content (AvgIpc) is 2.66. The van der Waals surface area contributed by atoms with Crippen LogP contribution in [0.2, 0.25) is 0 Å². The molecule has 0 radical (unpaired) electrons. The summed E-state index contributed by atoms with van der Waals surface area (Å²) in [5.41, 5.74) is 0.0968. The second kappa shape index (κ2) is 9.49. The highest BCUT2D eigenvalue weighted by Crippen LogP contribution is 2.43. The number of nitro groups is 1. The van der Waals surface area contributed by atoms with Gasteiger partial charge >= 0.3 is 5.97 Å². The maximum Gasteiger partial charge on any atom is 0.336 e. The van der Waals surface area contributed by atoms with E-state index in [9.17, 15) is 23.7 Å². The second-order valence-electron chi connectivity index (χ2n) is 6.69. The third-order valence-electron chi connectivity index (χ3n) is 4.72. The van der Waals surface area contributed by atoms with Gasteiger partial charge in [-0.25, -0.2) is 9.18 Å². The molecule has 1 aliphatic rings. The lowest BCUT2D eigenvalue weighted by Crippen LogP contribution is -2.32. The van der Waals surface area contributed by atoms with E-state index < -0.39 is 34.2 Å². The molecule has 7 nitrogen and oxygen atoms in total. The first kappa shape index (κ1) is 22.3. The lowest BCUT2D eigenvalue weighted by atomic mass is 9.83. The summed E-state index contributed by atoms with van der Waals surface area (Å²) in [4.78, 5) is 24.0. The van der Waals surface area contributed by atoms with E-state index >= 15 is 0 Å². The number of ether oxygens (including phenoxy) is 2. The minimum Gasteiger partial charge on any atom is -0.493 e. The normalized spacial score (nSPS) is 16.6. The highest BCUT2D eigenvalue weighted by Gasteiger charge is 2.43. The standard InChI is InChI=1S/C20H24F2N2O5/c1-5-6-7-10-29-20(25)15-11(2)23-12(3)18(24(26)27)16(15)13-8-9-14(21)17(22)19(13)28-4/h8-9,16,23H,5-7,10H2,1-4H3. The van der Waals surface area contributed by atoms with Crippen LogP contribution in [-0.4, -0.2) is 24.6 Å². The van der Waals surface area contributed by atoms with Crippen molar-refractivity contribution in [3.8, 4) is 5.75 Å². The highest BCUT2D eigenvalue weighted by atomic mass is 19.2. The van der Waals surface area contributed by atoms with Crippen molar-refractivity contribution in [1.29, 1.82) is 0 Å². The van der Waals surface area contributed by atoms with Crippen molar-refractivity contribution >= 4 is 5.97 Å². The minimum absolute atomic E-state index is 0.0289. The Labute approximate surface area is 167 Å². The molecular formula is C20H24F2N2O5. The first-order chi connectivity index (χ1) is 13.7. The Morgan fingerprint density at radius 2 is 1.93 bits per heavy atom. The van der Waals surface area contributed by atoms with E-state index in [2.05, 4.69) is 5.32 Å². The SMILES string of the molecule is CCCCCOC(=O)C1=C(C)NC(C)=C([N+](=O)[O-])C1c1ccc(F)c(F)c1OC. The molecule has 1 aromatic carbocycles. The summed E-state index contributed by atoms with van der Waals surface area (Å²) in [6.07, 6.45) is 2.45. The van der Waals surface area contributed by atoms with Crippen molar-refractivity contribution < 1.29 is 28.0 Å². The van der Waals surface area contributed by atoms with Crippen LogP contribution in [0.4, 0.5) is 8.78 Å². The van der Waals surface area contributed by atoms with E-state index in [-0.39, 0.29) is 29.1 Å². The number of nitrogens with one attached hydrogen (secondary N) is 1. The molecule has 0 saturated heterocycles. The van der Waals surface area contributed by atoms with Crippen LogP contribution in [-0.2, 0) is 9.53 Å². The number of nitrogens with zero attached hydrogens (tertiary/aromatic N) is 1. The number of unbranched alkanes of at least 4 members (excludes halogenated alkanes) is 2. The van der Waals surface area contributed by atoms with Crippen molar-refractivity contribution in [3.63, 3.8) is 0 Å². The first-order valence-electron chi connectivity index (χ1n) is 9.26. The average molecular weight is 410 g/mol. The Bertz CT molecular complexity index is 880. The molecule has 1 heterocycles. The van der Waals surface area contributed by atoms with Gasteiger partial charge in [0.15, 0.2) is 11.6 Å². The quantitative estimate of drug-likeness (QED) is 0.299. The van der Waals surface area contributed by atoms with Gasteiger partial charge in [0.05, 0.1) is 29.9 Å². The molecule has 29 heavy (non-hydrogen) atoms. The van der Waals surface area contributed by atoms with Gasteiger partial charge in [-0.05, 0) is 26.3 Å². The maximum absolute atomic E-state index is 14.3. The number of benzene rings is 1. The molecule has 0 spiro atoms. The van der Waals surface area contributed by atoms with Crippen LogP contribution in [0.15, 0.2) is 34.8 Å². The number of halogens is 2. The zero-order valence-corrected chi connectivity index (χ0v) is 16.8. The van der Waals surface area contributed by atoms with Crippen molar-refractivity contribution in [2.24, 2.45) is 0 Å². The molecule has 2 rings (SSSR count). The first-order valence-corrected chi connectivity index (χ1v) is 9.26. The largest absolute Gasteiger partial charge is 0.493 e. The van der Waals surface area contributed by atoms with Crippen LogP contribution in [0, 0.1) is 21.7 Å². The van der Waals surface area contributed by atoms with E-state index in [1.54, 1.807) is 6.92 Å². The topological polar surface area (TPSA) is 90.7 Å². The smallest absolute Gasteiger partial charge is 0.336 e. The molecule has 158 valence electrons. The van der Waals surface area contributed by atoms with E-state index in [1.165, 1.54) is 13.0 Å². The van der Waals surface area contributed by atoms with Crippen molar-refractivity contribution in [2.75, 3.05) is 13.7 Å². The van der Waals surface area contributed by atoms with Crippen molar-refractivity contribution in [2.45, 2.75) is 46.0 Å². The van der Waals surface area contributed by atoms with Crippen LogP contribution in [0.5, 0.6) is 5.75 Å². The second-order valence-corrected chi connectivity index (χ2v) is 6.69. The van der Waals surface area contributed by atoms with E-state index in [0.29, 0.717) is 12.1 Å². The molecule has 1 N–H and O–H groups in total. The molecule has 1 aliphatic heterocycles. The Morgan fingerprint density at radius 3 is 2.52 bits per heavy atom. The van der Waals surface area contributed by atoms with Crippen molar-refractivity contribution in [3.05, 3.63) is 62.1 Å². The van der Waals surface area contributed by atoms with Gasteiger partial charge in [0.25, 0.3) is 5.70 Å². The molecule has 1 unspecified atom stereocenters. The number of hydrogen-bond acceptors (Lipinski definition) is 6. The summed E-state index contributed by atoms with van der Waals surface area (Å²) in [6, 6.07) is 2.03. The molecule has 1 atom stereocenters. The fraction of sp³-hybridized carbons (Fsp3) is 0.450. The van der Waals surface area contributed by atoms with Crippen LogP contribution < -0.4 is 10.1 Å². The number of carbonyl (C=O) groups excluding carboxylic acids is 1. The molecule has 0 saturated carbocycles. The zero-order chi connectivity index (χ0) is 21.7. The van der Waals surface area contributed by atoms with Gasteiger partial charge in [0.2, 0.25) is 5.82 Å². The molecule has 0 aromatic heterocycles. The summed E-state index contributed by atoms with van der Waals surface area (Å²) < 4.78 is 38.3. The van der Waals surface area contributed by atoms with Crippen LogP contribution in [0.3, 0.4) is 0 Å². The third kappa shape index (κ3) is 4.55. The molecule has 0 bridgehead atoms. The van der Waals surface area contributed by atoms with Crippen LogP contribution >= 0.6 is 0 Å². The monoisotopic (exact) mass is 410 g/mol. The van der Waals surface area contributed by atoms with Gasteiger partial charge < -0.3 is 14.8 Å². The summed E-state index contributed by atoms with van der Waals surface area (Å²) >= 11 is 0. The zero-order valence-electron chi connectivity index (χ0n) is 16.8. The highest BCUT2D eigenvalue weighted by molar-refractivity contribution is 5.92. The predicted molar refractivity (Wildman–Crippen MR) is 102 cm³/mol. The maximum atomic E-state index is 14.3. The number of rotatable bonds is 8. The molecule has 0 amide bonds. The minimum atomic E-state index is -1.28. The van der Waals surface area contributed by atoms with Crippen LogP contribution in [0.25, 0.3) is 0 Å². The van der Waals surface area contributed by atoms with E-state index in [0.717, 1.165) is 26.0 Å². The number of hydrogen-bond donors (Lipinski definition) is 1. The Balaban J connectivity index is 2.60. The summed E-state index contributed by atoms with van der Waals surface area (Å²) in [5, 5.41) is 14.6. The number of allylic oxidation sites excluding steroid dienone is 3. The van der Waals surface area contributed by atoms with E-state index in [4.69, 9.17) is 9.47 Å².